The number of hydrogen-bond donors (Lipinski definition) is 1. The Morgan fingerprint density at radius 2 is 1.83 bits per heavy atom. The molecule has 0 atom stereocenters. The number of anilines is 1. The summed E-state index contributed by atoms with van der Waals surface area (Å²) in [6.45, 7) is 1.90. The maximum Gasteiger partial charge on any atom is 1.00 e. The van der Waals surface area contributed by atoms with Gasteiger partial charge in [0.05, 0.1) is 23.8 Å². The van der Waals surface area contributed by atoms with E-state index in [4.69, 9.17) is 11.6 Å². The SMILES string of the molecule is Cc1cc(Cc2ccc(NS(C)(=O)=O)cn2)n(C)c1C(=O)c1ccc(Cl)cc1.[Na+]. The molecule has 9 heteroatoms. The second kappa shape index (κ2) is 9.45. The average molecular weight is 441 g/mol. The van der Waals surface area contributed by atoms with Gasteiger partial charge in [0.15, 0.2) is 0 Å². The summed E-state index contributed by atoms with van der Waals surface area (Å²) in [4.78, 5) is 17.2. The van der Waals surface area contributed by atoms with Crippen LogP contribution in [-0.4, -0.2) is 30.0 Å². The largest absolute Gasteiger partial charge is 1.00 e. The van der Waals surface area contributed by atoms with Crippen molar-refractivity contribution in [3.05, 3.63) is 81.9 Å². The summed E-state index contributed by atoms with van der Waals surface area (Å²) in [5.74, 6) is -0.0661. The van der Waals surface area contributed by atoms with Gasteiger partial charge in [0.25, 0.3) is 0 Å². The molecule has 0 bridgehead atoms. The van der Waals surface area contributed by atoms with E-state index in [-0.39, 0.29) is 35.3 Å². The Labute approximate surface area is 197 Å². The van der Waals surface area contributed by atoms with Crippen LogP contribution in [-0.2, 0) is 23.5 Å². The summed E-state index contributed by atoms with van der Waals surface area (Å²) >= 11 is 5.90. The molecule has 3 rings (SSSR count). The van der Waals surface area contributed by atoms with Gasteiger partial charge in [-0.05, 0) is 55.0 Å². The third-order valence-electron chi connectivity index (χ3n) is 4.33. The Hall–Kier alpha value is -1.64. The van der Waals surface area contributed by atoms with Crippen molar-refractivity contribution >= 4 is 33.1 Å². The fraction of sp³-hybridized carbons (Fsp3) is 0.200. The van der Waals surface area contributed by atoms with E-state index < -0.39 is 10.0 Å². The van der Waals surface area contributed by atoms with Gasteiger partial charge >= 0.3 is 29.6 Å². The Morgan fingerprint density at radius 3 is 2.38 bits per heavy atom. The Morgan fingerprint density at radius 1 is 1.17 bits per heavy atom. The van der Waals surface area contributed by atoms with E-state index in [9.17, 15) is 13.2 Å². The zero-order valence-electron chi connectivity index (χ0n) is 16.7. The van der Waals surface area contributed by atoms with Crippen LogP contribution in [0.4, 0.5) is 5.69 Å². The summed E-state index contributed by atoms with van der Waals surface area (Å²) in [6.07, 6.45) is 3.09. The van der Waals surface area contributed by atoms with Crippen LogP contribution in [0.15, 0.2) is 48.7 Å². The molecule has 0 amide bonds. The molecule has 0 unspecified atom stereocenters. The zero-order valence-corrected chi connectivity index (χ0v) is 20.3. The van der Waals surface area contributed by atoms with Gasteiger partial charge in [-0.15, -0.1) is 0 Å². The van der Waals surface area contributed by atoms with Crippen LogP contribution in [0.3, 0.4) is 0 Å². The molecule has 0 radical (unpaired) electrons. The normalized spacial score (nSPS) is 11.0. The molecular weight excluding hydrogens is 421 g/mol. The van der Waals surface area contributed by atoms with Gasteiger partial charge in [0.1, 0.15) is 0 Å². The molecule has 0 fully saturated rings. The topological polar surface area (TPSA) is 81.1 Å². The first-order valence-corrected chi connectivity index (χ1v) is 10.8. The molecule has 0 saturated heterocycles. The predicted molar refractivity (Wildman–Crippen MR) is 111 cm³/mol. The number of benzene rings is 1. The van der Waals surface area contributed by atoms with E-state index in [0.29, 0.717) is 28.4 Å². The van der Waals surface area contributed by atoms with Gasteiger partial charge in [-0.2, -0.15) is 0 Å². The van der Waals surface area contributed by atoms with E-state index in [1.807, 2.05) is 24.6 Å². The molecule has 0 aliphatic rings. The second-order valence-corrected chi connectivity index (χ2v) is 8.84. The maximum atomic E-state index is 12.9. The number of carbonyl (C=O) groups is 1. The smallest absolute Gasteiger partial charge is 0.344 e. The molecular formula is C20H20ClN3NaO3S+. The van der Waals surface area contributed by atoms with Crippen molar-refractivity contribution < 1.29 is 42.8 Å². The molecule has 0 saturated carbocycles. The van der Waals surface area contributed by atoms with Crippen LogP contribution in [0.25, 0.3) is 0 Å². The quantitative estimate of drug-likeness (QED) is 0.449. The average Bonchev–Trinajstić information content (AvgIpc) is 2.89. The molecule has 0 aliphatic heterocycles. The molecule has 1 aromatic carbocycles. The number of halogens is 1. The van der Waals surface area contributed by atoms with Crippen LogP contribution in [0.1, 0.15) is 33.0 Å². The molecule has 2 aromatic heterocycles. The van der Waals surface area contributed by atoms with Gasteiger partial charge in [-0.1, -0.05) is 11.6 Å². The van der Waals surface area contributed by atoms with E-state index in [1.54, 1.807) is 36.4 Å². The van der Waals surface area contributed by atoms with Gasteiger partial charge in [-0.25, -0.2) is 8.42 Å². The minimum atomic E-state index is -3.34. The minimum Gasteiger partial charge on any atom is -0.344 e. The Bertz CT molecular complexity index is 1130. The zero-order chi connectivity index (χ0) is 20.5. The van der Waals surface area contributed by atoms with Gasteiger partial charge in [-0.3, -0.25) is 14.5 Å². The fourth-order valence-corrected chi connectivity index (χ4v) is 3.73. The van der Waals surface area contributed by atoms with Gasteiger partial charge in [0.2, 0.25) is 15.8 Å². The van der Waals surface area contributed by atoms with Gasteiger partial charge < -0.3 is 4.57 Å². The number of sulfonamides is 1. The summed E-state index contributed by atoms with van der Waals surface area (Å²) in [5, 5.41) is 0.584. The monoisotopic (exact) mass is 440 g/mol. The number of aromatic nitrogens is 2. The van der Waals surface area contributed by atoms with E-state index in [2.05, 4.69) is 9.71 Å². The number of nitrogens with zero attached hydrogens (tertiary/aromatic N) is 2. The Kier molecular flexibility index (Phi) is 7.70. The number of rotatable bonds is 6. The van der Waals surface area contributed by atoms with E-state index in [1.165, 1.54) is 6.20 Å². The van der Waals surface area contributed by atoms with Crippen molar-refractivity contribution in [2.45, 2.75) is 13.3 Å². The number of hydrogen-bond acceptors (Lipinski definition) is 4. The molecule has 29 heavy (non-hydrogen) atoms. The van der Waals surface area contributed by atoms with Crippen LogP contribution in [0, 0.1) is 6.92 Å². The van der Waals surface area contributed by atoms with Crippen LogP contribution in [0.2, 0.25) is 5.02 Å². The standard InChI is InChI=1S/C20H20ClN3O3S.Na/c1-13-10-18(11-16-8-9-17(12-22-16)23-28(3,26)27)24(2)19(13)20(25)14-4-6-15(21)7-5-14;/h4-10,12,23H,11H2,1-3H3;/q;+1. The first-order valence-electron chi connectivity index (χ1n) is 8.52. The van der Waals surface area contributed by atoms with E-state index >= 15 is 0 Å². The van der Waals surface area contributed by atoms with Crippen molar-refractivity contribution in [2.24, 2.45) is 7.05 Å². The molecule has 6 nitrogen and oxygen atoms in total. The molecule has 3 aromatic rings. The number of nitrogens with one attached hydrogen (secondary N) is 1. The van der Waals surface area contributed by atoms with Crippen LogP contribution >= 0.6 is 11.6 Å². The van der Waals surface area contributed by atoms with Crippen LogP contribution in [0.5, 0.6) is 0 Å². The second-order valence-electron chi connectivity index (χ2n) is 6.65. The first-order chi connectivity index (χ1) is 13.1. The molecule has 2 heterocycles. The van der Waals surface area contributed by atoms with Crippen molar-refractivity contribution in [3.63, 3.8) is 0 Å². The minimum absolute atomic E-state index is 0. The third kappa shape index (κ3) is 5.93. The van der Waals surface area contributed by atoms with Crippen molar-refractivity contribution in [1.82, 2.24) is 9.55 Å². The van der Waals surface area contributed by atoms with Crippen molar-refractivity contribution in [3.8, 4) is 0 Å². The molecule has 146 valence electrons. The Balaban J connectivity index is 0.00000300. The third-order valence-corrected chi connectivity index (χ3v) is 5.19. The number of ketones is 1. The summed E-state index contributed by atoms with van der Waals surface area (Å²) in [6, 6.07) is 12.2. The summed E-state index contributed by atoms with van der Waals surface area (Å²) in [5.41, 5.74) is 4.19. The van der Waals surface area contributed by atoms with E-state index in [0.717, 1.165) is 23.2 Å². The fourth-order valence-electron chi connectivity index (χ4n) is 3.05. The first kappa shape index (κ1) is 23.6. The van der Waals surface area contributed by atoms with Crippen molar-refractivity contribution in [2.75, 3.05) is 11.0 Å². The van der Waals surface area contributed by atoms with Crippen LogP contribution < -0.4 is 34.3 Å². The maximum absolute atomic E-state index is 12.9. The molecule has 0 spiro atoms. The summed E-state index contributed by atoms with van der Waals surface area (Å²) in [7, 11) is -1.48. The predicted octanol–water partition coefficient (Wildman–Crippen LogP) is 0.579. The number of pyridine rings is 1. The van der Waals surface area contributed by atoms with Gasteiger partial charge in [0, 0.05) is 35.4 Å². The summed E-state index contributed by atoms with van der Waals surface area (Å²) < 4.78 is 26.8. The number of carbonyl (C=O) groups excluding carboxylic acids is 1. The molecule has 1 N–H and O–H groups in total. The van der Waals surface area contributed by atoms with Crippen molar-refractivity contribution in [1.29, 1.82) is 0 Å². The number of aryl methyl sites for hydroxylation is 1. The molecule has 0 aliphatic carbocycles.